The summed E-state index contributed by atoms with van der Waals surface area (Å²) in [5.74, 6) is -1.40. The lowest BCUT2D eigenvalue weighted by atomic mass is 10.2. The first-order chi connectivity index (χ1) is 8.75. The van der Waals surface area contributed by atoms with Gasteiger partial charge in [-0.25, -0.2) is 9.18 Å². The maximum Gasteiger partial charge on any atom is 0.341 e. The van der Waals surface area contributed by atoms with E-state index in [1.165, 1.54) is 12.3 Å². The SMILES string of the molecule is COCCCOCCOC(=O)c1ccncc1F. The topological polar surface area (TPSA) is 57.7 Å². The molecule has 1 heterocycles. The van der Waals surface area contributed by atoms with Gasteiger partial charge in [0.1, 0.15) is 6.61 Å². The van der Waals surface area contributed by atoms with Gasteiger partial charge in [0.25, 0.3) is 0 Å². The number of halogens is 1. The summed E-state index contributed by atoms with van der Waals surface area (Å²) in [6, 6.07) is 1.27. The quantitative estimate of drug-likeness (QED) is 0.521. The van der Waals surface area contributed by atoms with Crippen molar-refractivity contribution in [2.45, 2.75) is 6.42 Å². The molecule has 0 aliphatic heterocycles. The van der Waals surface area contributed by atoms with Gasteiger partial charge in [-0.15, -0.1) is 0 Å². The molecule has 0 atom stereocenters. The van der Waals surface area contributed by atoms with E-state index >= 15 is 0 Å². The van der Waals surface area contributed by atoms with Crippen molar-refractivity contribution in [2.24, 2.45) is 0 Å². The number of nitrogens with zero attached hydrogens (tertiary/aromatic N) is 1. The number of esters is 1. The molecule has 0 fully saturated rings. The van der Waals surface area contributed by atoms with Crippen LogP contribution in [-0.4, -0.2) is 44.5 Å². The molecule has 0 unspecified atom stereocenters. The van der Waals surface area contributed by atoms with Crippen LogP contribution in [0.15, 0.2) is 18.5 Å². The van der Waals surface area contributed by atoms with Crippen LogP contribution in [0.5, 0.6) is 0 Å². The number of hydrogen-bond donors (Lipinski definition) is 0. The molecule has 0 amide bonds. The van der Waals surface area contributed by atoms with E-state index in [-0.39, 0.29) is 18.8 Å². The fourth-order valence-corrected chi connectivity index (χ4v) is 1.22. The zero-order valence-corrected chi connectivity index (χ0v) is 10.2. The monoisotopic (exact) mass is 257 g/mol. The van der Waals surface area contributed by atoms with E-state index in [1.807, 2.05) is 0 Å². The number of ether oxygens (including phenoxy) is 3. The molecule has 18 heavy (non-hydrogen) atoms. The molecule has 0 aromatic carbocycles. The number of carbonyl (C=O) groups excluding carboxylic acids is 1. The number of pyridine rings is 1. The second-order valence-electron chi connectivity index (χ2n) is 3.45. The van der Waals surface area contributed by atoms with Gasteiger partial charge < -0.3 is 14.2 Å². The van der Waals surface area contributed by atoms with Crippen LogP contribution in [0.2, 0.25) is 0 Å². The molecule has 1 aromatic rings. The van der Waals surface area contributed by atoms with E-state index < -0.39 is 11.8 Å². The van der Waals surface area contributed by atoms with Crippen molar-refractivity contribution in [3.63, 3.8) is 0 Å². The van der Waals surface area contributed by atoms with Crippen molar-refractivity contribution >= 4 is 5.97 Å². The van der Waals surface area contributed by atoms with Crippen LogP contribution >= 0.6 is 0 Å². The standard InChI is InChI=1S/C12H16FNO4/c1-16-5-2-6-17-7-8-18-12(15)10-3-4-14-9-11(10)13/h3-4,9H,2,5-8H2,1H3. The van der Waals surface area contributed by atoms with Gasteiger partial charge in [-0.2, -0.15) is 0 Å². The molecular formula is C12H16FNO4. The Morgan fingerprint density at radius 2 is 2.17 bits per heavy atom. The van der Waals surface area contributed by atoms with Crippen LogP contribution < -0.4 is 0 Å². The minimum Gasteiger partial charge on any atom is -0.460 e. The van der Waals surface area contributed by atoms with Crippen LogP contribution in [0.1, 0.15) is 16.8 Å². The average Bonchev–Trinajstić information content (AvgIpc) is 2.38. The Morgan fingerprint density at radius 1 is 1.33 bits per heavy atom. The van der Waals surface area contributed by atoms with E-state index in [9.17, 15) is 9.18 Å². The summed E-state index contributed by atoms with van der Waals surface area (Å²) < 4.78 is 28.0. The van der Waals surface area contributed by atoms with Gasteiger partial charge >= 0.3 is 5.97 Å². The van der Waals surface area contributed by atoms with Gasteiger partial charge in [-0.05, 0) is 12.5 Å². The fraction of sp³-hybridized carbons (Fsp3) is 0.500. The number of hydrogen-bond acceptors (Lipinski definition) is 5. The van der Waals surface area contributed by atoms with Crippen molar-refractivity contribution in [3.05, 3.63) is 29.8 Å². The molecule has 6 heteroatoms. The molecule has 0 radical (unpaired) electrons. The van der Waals surface area contributed by atoms with E-state index in [0.29, 0.717) is 13.2 Å². The number of methoxy groups -OCH3 is 1. The van der Waals surface area contributed by atoms with Gasteiger partial charge in [-0.3, -0.25) is 4.98 Å². The van der Waals surface area contributed by atoms with E-state index in [1.54, 1.807) is 7.11 Å². The maximum absolute atomic E-state index is 13.1. The highest BCUT2D eigenvalue weighted by Crippen LogP contribution is 2.05. The number of rotatable bonds is 8. The first-order valence-corrected chi connectivity index (χ1v) is 5.59. The summed E-state index contributed by atoms with van der Waals surface area (Å²) in [6.07, 6.45) is 3.09. The van der Waals surface area contributed by atoms with Gasteiger partial charge in [0, 0.05) is 26.5 Å². The van der Waals surface area contributed by atoms with E-state index in [0.717, 1.165) is 12.6 Å². The maximum atomic E-state index is 13.1. The minimum absolute atomic E-state index is 0.0909. The fourth-order valence-electron chi connectivity index (χ4n) is 1.22. The normalized spacial score (nSPS) is 10.3. The molecule has 100 valence electrons. The van der Waals surface area contributed by atoms with Crippen LogP contribution in [0.3, 0.4) is 0 Å². The zero-order valence-electron chi connectivity index (χ0n) is 10.2. The third-order valence-electron chi connectivity index (χ3n) is 2.09. The molecular weight excluding hydrogens is 241 g/mol. The Labute approximate surface area is 105 Å². The largest absolute Gasteiger partial charge is 0.460 e. The Hall–Kier alpha value is -1.53. The molecule has 0 saturated carbocycles. The molecule has 0 spiro atoms. The smallest absolute Gasteiger partial charge is 0.341 e. The summed E-state index contributed by atoms with van der Waals surface area (Å²) in [4.78, 5) is 15.0. The molecule has 0 aliphatic carbocycles. The Bertz CT molecular complexity index is 373. The summed E-state index contributed by atoms with van der Waals surface area (Å²) in [7, 11) is 1.62. The lowest BCUT2D eigenvalue weighted by molar-refractivity contribution is 0.0284. The lowest BCUT2D eigenvalue weighted by Gasteiger charge is -2.06. The van der Waals surface area contributed by atoms with Crippen molar-refractivity contribution < 1.29 is 23.4 Å². The highest BCUT2D eigenvalue weighted by atomic mass is 19.1. The molecule has 0 bridgehead atoms. The van der Waals surface area contributed by atoms with Gasteiger partial charge in [0.2, 0.25) is 0 Å². The first kappa shape index (κ1) is 14.5. The summed E-state index contributed by atoms with van der Waals surface area (Å²) in [5.41, 5.74) is -0.121. The van der Waals surface area contributed by atoms with Crippen molar-refractivity contribution in [1.29, 1.82) is 0 Å². The van der Waals surface area contributed by atoms with Crippen LogP contribution in [0.4, 0.5) is 4.39 Å². The van der Waals surface area contributed by atoms with Gasteiger partial charge in [0.05, 0.1) is 18.4 Å². The predicted molar refractivity (Wildman–Crippen MR) is 61.8 cm³/mol. The van der Waals surface area contributed by atoms with E-state index in [4.69, 9.17) is 14.2 Å². The molecule has 1 aromatic heterocycles. The van der Waals surface area contributed by atoms with E-state index in [2.05, 4.69) is 4.98 Å². The predicted octanol–water partition coefficient (Wildman–Crippen LogP) is 1.43. The van der Waals surface area contributed by atoms with Crippen LogP contribution in [0, 0.1) is 5.82 Å². The molecule has 1 rings (SSSR count). The molecule has 5 nitrogen and oxygen atoms in total. The number of aromatic nitrogens is 1. The van der Waals surface area contributed by atoms with Crippen molar-refractivity contribution in [1.82, 2.24) is 4.98 Å². The molecule has 0 N–H and O–H groups in total. The average molecular weight is 257 g/mol. The summed E-state index contributed by atoms with van der Waals surface area (Å²) in [6.45, 7) is 1.53. The number of carbonyl (C=O) groups is 1. The van der Waals surface area contributed by atoms with Crippen molar-refractivity contribution in [2.75, 3.05) is 33.5 Å². The highest BCUT2D eigenvalue weighted by Gasteiger charge is 2.12. The second-order valence-corrected chi connectivity index (χ2v) is 3.45. The Kier molecular flexibility index (Phi) is 6.90. The van der Waals surface area contributed by atoms with Gasteiger partial charge in [0.15, 0.2) is 5.82 Å². The zero-order chi connectivity index (χ0) is 13.2. The Balaban J connectivity index is 2.16. The van der Waals surface area contributed by atoms with Crippen molar-refractivity contribution in [3.8, 4) is 0 Å². The summed E-state index contributed by atoms with van der Waals surface area (Å²) >= 11 is 0. The van der Waals surface area contributed by atoms with Crippen LogP contribution in [0.25, 0.3) is 0 Å². The Morgan fingerprint density at radius 3 is 2.89 bits per heavy atom. The first-order valence-electron chi connectivity index (χ1n) is 5.59. The highest BCUT2D eigenvalue weighted by molar-refractivity contribution is 5.89. The molecule has 0 saturated heterocycles. The molecule has 0 aliphatic rings. The third kappa shape index (κ3) is 5.20. The summed E-state index contributed by atoms with van der Waals surface area (Å²) in [5, 5.41) is 0. The lowest BCUT2D eigenvalue weighted by Crippen LogP contribution is -2.13. The van der Waals surface area contributed by atoms with Gasteiger partial charge in [-0.1, -0.05) is 0 Å². The third-order valence-corrected chi connectivity index (χ3v) is 2.09. The van der Waals surface area contributed by atoms with Crippen LogP contribution in [-0.2, 0) is 14.2 Å². The minimum atomic E-state index is -0.713. The second kappa shape index (κ2) is 8.54.